The number of fused-ring (bicyclic) bond motifs is 1. The van der Waals surface area contributed by atoms with Crippen molar-refractivity contribution in [2.24, 2.45) is 0 Å². The van der Waals surface area contributed by atoms with Gasteiger partial charge in [-0.05, 0) is 72.0 Å². The maximum Gasteiger partial charge on any atom is 0.130 e. The van der Waals surface area contributed by atoms with Crippen LogP contribution in [0.2, 0.25) is 0 Å². The van der Waals surface area contributed by atoms with Crippen LogP contribution in [0, 0.1) is 6.92 Å². The van der Waals surface area contributed by atoms with E-state index in [1.54, 1.807) is 0 Å². The van der Waals surface area contributed by atoms with E-state index in [1.807, 2.05) is 36.5 Å². The molecule has 4 aromatic rings. The molecule has 0 aliphatic heterocycles. The van der Waals surface area contributed by atoms with E-state index in [2.05, 4.69) is 66.5 Å². The normalized spacial score (nSPS) is 11.7. The SMILES string of the molecule is CC/C(=C\c1ccc2[nH]ncc2c1)c1ccc(Oc2ccccc2)c(C)c1. The summed E-state index contributed by atoms with van der Waals surface area (Å²) in [5, 5.41) is 8.22. The summed E-state index contributed by atoms with van der Waals surface area (Å²) in [6.07, 6.45) is 5.07. The van der Waals surface area contributed by atoms with E-state index in [9.17, 15) is 0 Å². The van der Waals surface area contributed by atoms with Gasteiger partial charge in [-0.25, -0.2) is 0 Å². The van der Waals surface area contributed by atoms with Crippen LogP contribution in [-0.2, 0) is 0 Å². The number of benzene rings is 3. The van der Waals surface area contributed by atoms with Crippen molar-refractivity contribution in [2.75, 3.05) is 0 Å². The summed E-state index contributed by atoms with van der Waals surface area (Å²) < 4.78 is 6.01. The summed E-state index contributed by atoms with van der Waals surface area (Å²) in [7, 11) is 0. The second-order valence-corrected chi connectivity index (χ2v) is 6.64. The van der Waals surface area contributed by atoms with Crippen molar-refractivity contribution in [3.8, 4) is 11.5 Å². The first-order chi connectivity index (χ1) is 13.2. The van der Waals surface area contributed by atoms with Crippen LogP contribution in [0.15, 0.2) is 72.9 Å². The van der Waals surface area contributed by atoms with Crippen LogP contribution in [0.25, 0.3) is 22.6 Å². The summed E-state index contributed by atoms with van der Waals surface area (Å²) >= 11 is 0. The number of nitrogens with one attached hydrogen (secondary N) is 1. The molecule has 0 spiro atoms. The minimum atomic E-state index is 0.855. The number of hydrogen-bond acceptors (Lipinski definition) is 2. The van der Waals surface area contributed by atoms with Crippen LogP contribution in [0.1, 0.15) is 30.0 Å². The molecule has 0 unspecified atom stereocenters. The lowest BCUT2D eigenvalue weighted by molar-refractivity contribution is 0.479. The van der Waals surface area contributed by atoms with Crippen LogP contribution in [-0.4, -0.2) is 10.2 Å². The molecule has 3 heteroatoms. The van der Waals surface area contributed by atoms with E-state index in [1.165, 1.54) is 16.7 Å². The van der Waals surface area contributed by atoms with Crippen LogP contribution in [0.3, 0.4) is 0 Å². The molecule has 0 amide bonds. The zero-order valence-corrected chi connectivity index (χ0v) is 15.6. The Hall–Kier alpha value is -3.33. The van der Waals surface area contributed by atoms with Crippen molar-refractivity contribution < 1.29 is 4.74 Å². The van der Waals surface area contributed by atoms with E-state index in [0.29, 0.717) is 0 Å². The first kappa shape index (κ1) is 17.1. The van der Waals surface area contributed by atoms with Gasteiger partial charge in [0, 0.05) is 5.39 Å². The van der Waals surface area contributed by atoms with Gasteiger partial charge in [0.05, 0.1) is 11.7 Å². The zero-order valence-electron chi connectivity index (χ0n) is 15.6. The highest BCUT2D eigenvalue weighted by Gasteiger charge is 2.06. The third-order valence-electron chi connectivity index (χ3n) is 4.70. The maximum atomic E-state index is 6.01. The van der Waals surface area contributed by atoms with Crippen LogP contribution in [0.5, 0.6) is 11.5 Å². The summed E-state index contributed by atoms with van der Waals surface area (Å²) in [4.78, 5) is 0. The Labute approximate surface area is 159 Å². The fourth-order valence-electron chi connectivity index (χ4n) is 3.22. The van der Waals surface area contributed by atoms with Crippen LogP contribution in [0.4, 0.5) is 0 Å². The van der Waals surface area contributed by atoms with Crippen molar-refractivity contribution in [1.82, 2.24) is 10.2 Å². The third kappa shape index (κ3) is 3.77. The highest BCUT2D eigenvalue weighted by Crippen LogP contribution is 2.30. The number of aromatic nitrogens is 2. The molecule has 3 aromatic carbocycles. The Bertz CT molecular complexity index is 1090. The lowest BCUT2D eigenvalue weighted by atomic mass is 9.98. The number of rotatable bonds is 5. The van der Waals surface area contributed by atoms with Crippen molar-refractivity contribution in [3.05, 3.63) is 89.6 Å². The molecule has 4 rings (SSSR count). The molecule has 0 saturated carbocycles. The summed E-state index contributed by atoms with van der Waals surface area (Å²) in [5.41, 5.74) is 5.89. The average molecular weight is 354 g/mol. The quantitative estimate of drug-likeness (QED) is 0.409. The first-order valence-corrected chi connectivity index (χ1v) is 9.20. The Kier molecular flexibility index (Phi) is 4.75. The summed E-state index contributed by atoms with van der Waals surface area (Å²) in [6.45, 7) is 4.28. The number of hydrogen-bond donors (Lipinski definition) is 1. The minimum absolute atomic E-state index is 0.855. The predicted octanol–water partition coefficient (Wildman–Crippen LogP) is 6.61. The van der Waals surface area contributed by atoms with Gasteiger partial charge in [0.2, 0.25) is 0 Å². The Morgan fingerprint density at radius 2 is 1.89 bits per heavy atom. The number of allylic oxidation sites excluding steroid dienone is 1. The van der Waals surface area contributed by atoms with Crippen LogP contribution >= 0.6 is 0 Å². The molecule has 0 fully saturated rings. The Morgan fingerprint density at radius 3 is 2.67 bits per heavy atom. The number of aryl methyl sites for hydroxylation is 1. The van der Waals surface area contributed by atoms with E-state index < -0.39 is 0 Å². The van der Waals surface area contributed by atoms with Gasteiger partial charge in [0.25, 0.3) is 0 Å². The molecule has 0 aliphatic carbocycles. The molecule has 27 heavy (non-hydrogen) atoms. The molecule has 0 bridgehead atoms. The molecule has 3 nitrogen and oxygen atoms in total. The van der Waals surface area contributed by atoms with Crippen LogP contribution < -0.4 is 4.74 Å². The average Bonchev–Trinajstić information content (AvgIpc) is 3.16. The highest BCUT2D eigenvalue weighted by molar-refractivity contribution is 5.86. The lowest BCUT2D eigenvalue weighted by Gasteiger charge is -2.12. The first-order valence-electron chi connectivity index (χ1n) is 9.20. The Morgan fingerprint density at radius 1 is 1.04 bits per heavy atom. The van der Waals surface area contributed by atoms with E-state index in [-0.39, 0.29) is 0 Å². The molecule has 134 valence electrons. The summed E-state index contributed by atoms with van der Waals surface area (Å²) in [5.74, 6) is 1.74. The number of aromatic amines is 1. The van der Waals surface area contributed by atoms with Gasteiger partial charge in [-0.3, -0.25) is 5.10 Å². The zero-order chi connectivity index (χ0) is 18.6. The topological polar surface area (TPSA) is 37.9 Å². The predicted molar refractivity (Wildman–Crippen MR) is 112 cm³/mol. The van der Waals surface area contributed by atoms with Gasteiger partial charge in [-0.1, -0.05) is 43.3 Å². The van der Waals surface area contributed by atoms with Crippen molar-refractivity contribution in [3.63, 3.8) is 0 Å². The van der Waals surface area contributed by atoms with Crippen molar-refractivity contribution in [1.29, 1.82) is 0 Å². The molecule has 0 radical (unpaired) electrons. The molecule has 1 N–H and O–H groups in total. The maximum absolute atomic E-state index is 6.01. The van der Waals surface area contributed by atoms with Gasteiger partial charge in [0.1, 0.15) is 11.5 Å². The van der Waals surface area contributed by atoms with Gasteiger partial charge in [-0.2, -0.15) is 5.10 Å². The van der Waals surface area contributed by atoms with Gasteiger partial charge in [0.15, 0.2) is 0 Å². The second kappa shape index (κ2) is 7.50. The van der Waals surface area contributed by atoms with Gasteiger partial charge < -0.3 is 4.74 Å². The van der Waals surface area contributed by atoms with E-state index >= 15 is 0 Å². The van der Waals surface area contributed by atoms with Gasteiger partial charge in [-0.15, -0.1) is 0 Å². The smallest absolute Gasteiger partial charge is 0.130 e. The number of nitrogens with zero attached hydrogens (tertiary/aromatic N) is 1. The van der Waals surface area contributed by atoms with Gasteiger partial charge >= 0.3 is 0 Å². The molecule has 1 heterocycles. The molecular weight excluding hydrogens is 332 g/mol. The van der Waals surface area contributed by atoms with Crippen molar-refractivity contribution in [2.45, 2.75) is 20.3 Å². The third-order valence-corrected chi connectivity index (χ3v) is 4.70. The lowest BCUT2D eigenvalue weighted by Crippen LogP contribution is -1.90. The fourth-order valence-corrected chi connectivity index (χ4v) is 3.22. The minimum Gasteiger partial charge on any atom is -0.457 e. The van der Waals surface area contributed by atoms with Crippen molar-refractivity contribution >= 4 is 22.6 Å². The number of H-pyrrole nitrogens is 1. The molecule has 0 aliphatic rings. The fraction of sp³-hybridized carbons (Fsp3) is 0.125. The van der Waals surface area contributed by atoms with E-state index in [4.69, 9.17) is 4.74 Å². The highest BCUT2D eigenvalue weighted by atomic mass is 16.5. The second-order valence-electron chi connectivity index (χ2n) is 6.64. The molecular formula is C24H22N2O. The number of para-hydroxylation sites is 1. The Balaban J connectivity index is 1.63. The molecule has 1 aromatic heterocycles. The standard InChI is InChI=1S/C24H22N2O/c1-3-19(14-18-9-11-23-21(15-18)16-25-26-23)20-10-12-24(17(2)13-20)27-22-7-5-4-6-8-22/h4-16H,3H2,1-2H3,(H,25,26)/b19-14+. The molecule has 0 atom stereocenters. The molecule has 0 saturated heterocycles. The number of ether oxygens (including phenoxy) is 1. The monoisotopic (exact) mass is 354 g/mol. The summed E-state index contributed by atoms with van der Waals surface area (Å²) in [6, 6.07) is 22.6. The van der Waals surface area contributed by atoms with E-state index in [0.717, 1.165) is 34.4 Å². The largest absolute Gasteiger partial charge is 0.457 e.